The van der Waals surface area contributed by atoms with Gasteiger partial charge in [0.15, 0.2) is 0 Å². The quantitative estimate of drug-likeness (QED) is 0.767. The number of hydrogen-bond donors (Lipinski definition) is 2. The predicted octanol–water partition coefficient (Wildman–Crippen LogP) is 0.204. The van der Waals surface area contributed by atoms with E-state index in [1.807, 2.05) is 0 Å². The molecule has 0 amide bonds. The number of rotatable bonds is 2. The summed E-state index contributed by atoms with van der Waals surface area (Å²) in [7, 11) is 0. The Bertz CT molecular complexity index is 458. The molecule has 3 rings (SSSR count). The minimum absolute atomic E-state index is 0.0694. The van der Waals surface area contributed by atoms with E-state index in [9.17, 15) is 4.79 Å². The van der Waals surface area contributed by atoms with Gasteiger partial charge in [0.25, 0.3) is 5.56 Å². The summed E-state index contributed by atoms with van der Waals surface area (Å²) >= 11 is 0. The highest BCUT2D eigenvalue weighted by Crippen LogP contribution is 2.36. The summed E-state index contributed by atoms with van der Waals surface area (Å²) in [5.74, 6) is 2.25. The van der Waals surface area contributed by atoms with Crippen LogP contribution in [-0.2, 0) is 0 Å². The average molecular weight is 234 g/mol. The lowest BCUT2D eigenvalue weighted by molar-refractivity contribution is 0.441. The molecule has 1 aromatic heterocycles. The Balaban J connectivity index is 1.91. The minimum atomic E-state index is -0.0694. The molecule has 5 heteroatoms. The Kier molecular flexibility index (Phi) is 2.63. The minimum Gasteiger partial charge on any atom is -0.353 e. The summed E-state index contributed by atoms with van der Waals surface area (Å²) in [6, 6.07) is 2.13. The van der Waals surface area contributed by atoms with E-state index in [-0.39, 0.29) is 5.56 Å². The number of anilines is 1. The Morgan fingerprint density at radius 2 is 2.41 bits per heavy atom. The molecule has 0 radical (unpaired) electrons. The molecule has 0 bridgehead atoms. The van der Waals surface area contributed by atoms with Crippen molar-refractivity contribution in [1.82, 2.24) is 15.3 Å². The maximum atomic E-state index is 11.4. The Morgan fingerprint density at radius 1 is 1.53 bits per heavy atom. The van der Waals surface area contributed by atoms with Crippen molar-refractivity contribution in [2.75, 3.05) is 24.5 Å². The van der Waals surface area contributed by atoms with Crippen LogP contribution in [0, 0.1) is 11.8 Å². The van der Waals surface area contributed by atoms with Gasteiger partial charge in [0, 0.05) is 31.7 Å². The van der Waals surface area contributed by atoms with Gasteiger partial charge in [-0.3, -0.25) is 4.79 Å². The van der Waals surface area contributed by atoms with Crippen molar-refractivity contribution in [3.63, 3.8) is 0 Å². The molecule has 0 saturated carbocycles. The van der Waals surface area contributed by atoms with Gasteiger partial charge in [-0.15, -0.1) is 0 Å². The number of nitrogens with zero attached hydrogens (tertiary/aromatic N) is 2. The van der Waals surface area contributed by atoms with Crippen LogP contribution in [0.2, 0.25) is 0 Å². The van der Waals surface area contributed by atoms with Crippen molar-refractivity contribution in [3.05, 3.63) is 22.7 Å². The second-order valence-corrected chi connectivity index (χ2v) is 4.98. The molecule has 2 aliphatic rings. The molecule has 3 unspecified atom stereocenters. The molecule has 0 aliphatic carbocycles. The zero-order valence-electron chi connectivity index (χ0n) is 10.0. The van der Waals surface area contributed by atoms with Gasteiger partial charge in [0.1, 0.15) is 5.82 Å². The molecule has 1 aromatic rings. The molecule has 0 spiro atoms. The third-order valence-electron chi connectivity index (χ3n) is 4.09. The van der Waals surface area contributed by atoms with E-state index >= 15 is 0 Å². The summed E-state index contributed by atoms with van der Waals surface area (Å²) in [6.45, 7) is 5.43. The highest BCUT2D eigenvalue weighted by Gasteiger charge is 2.43. The predicted molar refractivity (Wildman–Crippen MR) is 66.1 cm³/mol. The normalized spacial score (nSPS) is 31.8. The van der Waals surface area contributed by atoms with Gasteiger partial charge in [-0.05, 0) is 18.3 Å². The monoisotopic (exact) mass is 234 g/mol. The van der Waals surface area contributed by atoms with Crippen LogP contribution < -0.4 is 15.8 Å². The van der Waals surface area contributed by atoms with Crippen LogP contribution in [0.5, 0.6) is 0 Å². The molecule has 5 nitrogen and oxygen atoms in total. The van der Waals surface area contributed by atoms with Crippen molar-refractivity contribution < 1.29 is 0 Å². The van der Waals surface area contributed by atoms with E-state index < -0.39 is 0 Å². The van der Waals surface area contributed by atoms with Crippen molar-refractivity contribution in [3.8, 4) is 0 Å². The standard InChI is InChI=1S/C12H18N4O/c1-2-10-9-5-13-4-8(9)6-16(10)11-3-12(17)15-7-14-11/h3,7-10,13H,2,4-6H2,1H3,(H,14,15,17). The van der Waals surface area contributed by atoms with E-state index in [0.29, 0.717) is 17.9 Å². The molecular formula is C12H18N4O. The first kappa shape index (κ1) is 10.8. The molecule has 0 aromatic carbocycles. The molecular weight excluding hydrogens is 216 g/mol. The Hall–Kier alpha value is -1.36. The SMILES string of the molecule is CCC1C2CNCC2CN1c1cc(=O)[nH]cn1. The third kappa shape index (κ3) is 1.74. The van der Waals surface area contributed by atoms with Crippen molar-refractivity contribution >= 4 is 5.82 Å². The molecule has 3 atom stereocenters. The van der Waals surface area contributed by atoms with Crippen LogP contribution in [0.15, 0.2) is 17.2 Å². The summed E-state index contributed by atoms with van der Waals surface area (Å²) in [4.78, 5) is 20.5. The lowest BCUT2D eigenvalue weighted by Crippen LogP contribution is -2.36. The van der Waals surface area contributed by atoms with Gasteiger partial charge >= 0.3 is 0 Å². The lowest BCUT2D eigenvalue weighted by atomic mass is 9.93. The average Bonchev–Trinajstić information content (AvgIpc) is 2.88. The molecule has 2 saturated heterocycles. The largest absolute Gasteiger partial charge is 0.353 e. The second kappa shape index (κ2) is 4.14. The van der Waals surface area contributed by atoms with Crippen LogP contribution in [0.4, 0.5) is 5.82 Å². The first-order chi connectivity index (χ1) is 8.29. The first-order valence-corrected chi connectivity index (χ1v) is 6.31. The topological polar surface area (TPSA) is 61.0 Å². The van der Waals surface area contributed by atoms with Crippen LogP contribution in [-0.4, -0.2) is 35.6 Å². The summed E-state index contributed by atoms with van der Waals surface area (Å²) in [5.41, 5.74) is -0.0694. The zero-order chi connectivity index (χ0) is 11.8. The van der Waals surface area contributed by atoms with Gasteiger partial charge in [-0.2, -0.15) is 0 Å². The van der Waals surface area contributed by atoms with Crippen LogP contribution in [0.1, 0.15) is 13.3 Å². The fraction of sp³-hybridized carbons (Fsp3) is 0.667. The first-order valence-electron chi connectivity index (χ1n) is 6.31. The highest BCUT2D eigenvalue weighted by molar-refractivity contribution is 5.41. The Labute approximate surface area is 100 Å². The van der Waals surface area contributed by atoms with Gasteiger partial charge in [-0.1, -0.05) is 6.92 Å². The third-order valence-corrected chi connectivity index (χ3v) is 4.09. The van der Waals surface area contributed by atoms with Gasteiger partial charge in [0.2, 0.25) is 0 Å². The molecule has 17 heavy (non-hydrogen) atoms. The molecule has 3 heterocycles. The summed E-state index contributed by atoms with van der Waals surface area (Å²) in [5, 5.41) is 3.46. The van der Waals surface area contributed by atoms with Crippen molar-refractivity contribution in [1.29, 1.82) is 0 Å². The van der Waals surface area contributed by atoms with Crippen LogP contribution in [0.3, 0.4) is 0 Å². The molecule has 2 N–H and O–H groups in total. The molecule has 92 valence electrons. The summed E-state index contributed by atoms with van der Waals surface area (Å²) < 4.78 is 0. The van der Waals surface area contributed by atoms with Crippen LogP contribution in [0.25, 0.3) is 0 Å². The van der Waals surface area contributed by atoms with E-state index in [2.05, 4.69) is 27.1 Å². The van der Waals surface area contributed by atoms with E-state index in [1.165, 1.54) is 6.33 Å². The number of aromatic nitrogens is 2. The van der Waals surface area contributed by atoms with Gasteiger partial charge in [-0.25, -0.2) is 4.98 Å². The number of fused-ring (bicyclic) bond motifs is 1. The maximum absolute atomic E-state index is 11.4. The van der Waals surface area contributed by atoms with E-state index in [4.69, 9.17) is 0 Å². The van der Waals surface area contributed by atoms with Crippen molar-refractivity contribution in [2.45, 2.75) is 19.4 Å². The molecule has 2 fully saturated rings. The van der Waals surface area contributed by atoms with E-state index in [0.717, 1.165) is 31.9 Å². The number of hydrogen-bond acceptors (Lipinski definition) is 4. The fourth-order valence-corrected chi connectivity index (χ4v) is 3.32. The number of nitrogens with one attached hydrogen (secondary N) is 2. The maximum Gasteiger partial charge on any atom is 0.252 e. The van der Waals surface area contributed by atoms with Crippen molar-refractivity contribution in [2.24, 2.45) is 11.8 Å². The highest BCUT2D eigenvalue weighted by atomic mass is 16.1. The van der Waals surface area contributed by atoms with Gasteiger partial charge in [0.05, 0.1) is 6.33 Å². The van der Waals surface area contributed by atoms with E-state index in [1.54, 1.807) is 6.07 Å². The lowest BCUT2D eigenvalue weighted by Gasteiger charge is -2.27. The Morgan fingerprint density at radius 3 is 3.18 bits per heavy atom. The van der Waals surface area contributed by atoms with Gasteiger partial charge < -0.3 is 15.2 Å². The molecule has 2 aliphatic heterocycles. The smallest absolute Gasteiger partial charge is 0.252 e. The second-order valence-electron chi connectivity index (χ2n) is 4.98. The fourth-order valence-electron chi connectivity index (χ4n) is 3.32. The summed E-state index contributed by atoms with van der Waals surface area (Å²) in [6.07, 6.45) is 2.61. The number of H-pyrrole nitrogens is 1. The zero-order valence-corrected chi connectivity index (χ0v) is 10.0. The number of aromatic amines is 1. The van der Waals surface area contributed by atoms with Crippen LogP contribution >= 0.6 is 0 Å².